The molecule has 0 aliphatic carbocycles. The summed E-state index contributed by atoms with van der Waals surface area (Å²) in [4.78, 5) is 30.0. The van der Waals surface area contributed by atoms with E-state index in [0.29, 0.717) is 18.7 Å². The summed E-state index contributed by atoms with van der Waals surface area (Å²) >= 11 is 1.60. The molecule has 0 unspecified atom stereocenters. The van der Waals surface area contributed by atoms with Crippen molar-refractivity contribution in [3.05, 3.63) is 59.4 Å². The Morgan fingerprint density at radius 1 is 1.08 bits per heavy atom. The fraction of sp³-hybridized carbons (Fsp3) is 0.263. The monoisotopic (exact) mass is 365 g/mol. The Bertz CT molecular complexity index is 903. The molecular formula is C19H19N5OS. The van der Waals surface area contributed by atoms with Crippen LogP contribution >= 0.6 is 11.3 Å². The number of carbonyl (C=O) groups excluding carboxylic acids is 1. The maximum Gasteiger partial charge on any atom is 0.253 e. The standard InChI is InChI=1S/C19H19N5OS/c1-14-13-26-17(22-14)15-4-2-5-16(12-15)18(25)23-8-10-24(11-9-23)19-20-6-3-7-21-19/h2-7,12-13H,8-11H2,1H3. The van der Waals surface area contributed by atoms with Gasteiger partial charge in [-0.1, -0.05) is 12.1 Å². The second kappa shape index (κ2) is 7.21. The maximum absolute atomic E-state index is 12.9. The lowest BCUT2D eigenvalue weighted by Gasteiger charge is -2.34. The summed E-state index contributed by atoms with van der Waals surface area (Å²) in [5, 5.41) is 2.97. The Morgan fingerprint density at radius 2 is 1.85 bits per heavy atom. The van der Waals surface area contributed by atoms with Gasteiger partial charge in [-0.15, -0.1) is 11.3 Å². The summed E-state index contributed by atoms with van der Waals surface area (Å²) < 4.78 is 0. The topological polar surface area (TPSA) is 62.2 Å². The van der Waals surface area contributed by atoms with E-state index >= 15 is 0 Å². The van der Waals surface area contributed by atoms with Crippen LogP contribution in [0.1, 0.15) is 16.1 Å². The van der Waals surface area contributed by atoms with E-state index in [1.165, 1.54) is 0 Å². The van der Waals surface area contributed by atoms with E-state index in [-0.39, 0.29) is 5.91 Å². The van der Waals surface area contributed by atoms with Crippen LogP contribution in [0.4, 0.5) is 5.95 Å². The van der Waals surface area contributed by atoms with Crippen LogP contribution in [0.3, 0.4) is 0 Å². The SMILES string of the molecule is Cc1csc(-c2cccc(C(=O)N3CCN(c4ncccn4)CC3)c2)n1. The Hall–Kier alpha value is -2.80. The number of rotatable bonds is 3. The molecule has 4 rings (SSSR count). The van der Waals surface area contributed by atoms with Crippen molar-refractivity contribution < 1.29 is 4.79 Å². The van der Waals surface area contributed by atoms with Crippen molar-refractivity contribution in [2.24, 2.45) is 0 Å². The fourth-order valence-electron chi connectivity index (χ4n) is 3.02. The first-order valence-electron chi connectivity index (χ1n) is 8.54. The average molecular weight is 365 g/mol. The van der Waals surface area contributed by atoms with Crippen molar-refractivity contribution in [2.45, 2.75) is 6.92 Å². The number of aromatic nitrogens is 3. The molecule has 0 spiro atoms. The summed E-state index contributed by atoms with van der Waals surface area (Å²) in [6.07, 6.45) is 3.48. The number of hydrogen-bond acceptors (Lipinski definition) is 6. The summed E-state index contributed by atoms with van der Waals surface area (Å²) in [5.74, 6) is 0.787. The molecule has 1 amide bonds. The molecular weight excluding hydrogens is 346 g/mol. The van der Waals surface area contributed by atoms with Crippen LogP contribution in [0.5, 0.6) is 0 Å². The number of anilines is 1. The van der Waals surface area contributed by atoms with Crippen molar-refractivity contribution in [3.8, 4) is 10.6 Å². The molecule has 1 fully saturated rings. The average Bonchev–Trinajstić information content (AvgIpc) is 3.15. The molecule has 1 aliphatic heterocycles. The van der Waals surface area contributed by atoms with Gasteiger partial charge in [0.05, 0.1) is 0 Å². The maximum atomic E-state index is 12.9. The Kier molecular flexibility index (Phi) is 4.62. The van der Waals surface area contributed by atoms with E-state index in [1.807, 2.05) is 41.5 Å². The van der Waals surface area contributed by atoms with E-state index in [0.717, 1.165) is 35.3 Å². The van der Waals surface area contributed by atoms with Crippen molar-refractivity contribution in [1.29, 1.82) is 0 Å². The lowest BCUT2D eigenvalue weighted by Crippen LogP contribution is -2.49. The van der Waals surface area contributed by atoms with E-state index in [2.05, 4.69) is 19.9 Å². The molecule has 0 atom stereocenters. The van der Waals surface area contributed by atoms with Crippen LogP contribution in [0.25, 0.3) is 10.6 Å². The second-order valence-corrected chi connectivity index (χ2v) is 7.06. The third-order valence-corrected chi connectivity index (χ3v) is 5.39. The molecule has 1 aromatic carbocycles. The summed E-state index contributed by atoms with van der Waals surface area (Å²) in [7, 11) is 0. The molecule has 3 aromatic rings. The van der Waals surface area contributed by atoms with Gasteiger partial charge in [0.2, 0.25) is 5.95 Å². The predicted molar refractivity (Wildman–Crippen MR) is 102 cm³/mol. The van der Waals surface area contributed by atoms with Gasteiger partial charge in [-0.3, -0.25) is 4.79 Å². The molecule has 6 nitrogen and oxygen atoms in total. The van der Waals surface area contributed by atoms with Crippen molar-refractivity contribution >= 4 is 23.2 Å². The van der Waals surface area contributed by atoms with Crippen molar-refractivity contribution in [3.63, 3.8) is 0 Å². The molecule has 0 saturated carbocycles. The quantitative estimate of drug-likeness (QED) is 0.714. The molecule has 7 heteroatoms. The van der Waals surface area contributed by atoms with Gasteiger partial charge in [0.15, 0.2) is 0 Å². The van der Waals surface area contributed by atoms with Gasteiger partial charge < -0.3 is 9.80 Å². The van der Waals surface area contributed by atoms with Gasteiger partial charge in [0.25, 0.3) is 5.91 Å². The molecule has 0 bridgehead atoms. The molecule has 26 heavy (non-hydrogen) atoms. The van der Waals surface area contributed by atoms with Crippen LogP contribution in [0.2, 0.25) is 0 Å². The Labute approximate surface area is 156 Å². The van der Waals surface area contributed by atoms with E-state index in [1.54, 1.807) is 29.8 Å². The molecule has 2 aromatic heterocycles. The van der Waals surface area contributed by atoms with Gasteiger partial charge >= 0.3 is 0 Å². The van der Waals surface area contributed by atoms with Crippen LogP contribution in [0, 0.1) is 6.92 Å². The fourth-order valence-corrected chi connectivity index (χ4v) is 3.81. The number of thiazole rings is 1. The number of amides is 1. The number of hydrogen-bond donors (Lipinski definition) is 0. The molecule has 132 valence electrons. The zero-order valence-corrected chi connectivity index (χ0v) is 15.3. The molecule has 0 radical (unpaired) electrons. The number of piperazine rings is 1. The Morgan fingerprint density at radius 3 is 2.54 bits per heavy atom. The lowest BCUT2D eigenvalue weighted by atomic mass is 10.1. The first kappa shape index (κ1) is 16.7. The highest BCUT2D eigenvalue weighted by atomic mass is 32.1. The van der Waals surface area contributed by atoms with Crippen LogP contribution in [0.15, 0.2) is 48.1 Å². The molecule has 1 saturated heterocycles. The van der Waals surface area contributed by atoms with Crippen LogP contribution < -0.4 is 4.90 Å². The summed E-state index contributed by atoms with van der Waals surface area (Å²) in [6, 6.07) is 9.54. The van der Waals surface area contributed by atoms with Gasteiger partial charge in [-0.05, 0) is 25.1 Å². The van der Waals surface area contributed by atoms with E-state index in [9.17, 15) is 4.79 Å². The van der Waals surface area contributed by atoms with Gasteiger partial charge in [-0.25, -0.2) is 15.0 Å². The van der Waals surface area contributed by atoms with Gasteiger partial charge in [0, 0.05) is 60.8 Å². The molecule has 1 aliphatic rings. The third-order valence-electron chi connectivity index (χ3n) is 4.38. The number of aryl methyl sites for hydroxylation is 1. The summed E-state index contributed by atoms with van der Waals surface area (Å²) in [6.45, 7) is 4.78. The number of benzene rings is 1. The highest BCUT2D eigenvalue weighted by Gasteiger charge is 2.23. The predicted octanol–water partition coefficient (Wildman–Crippen LogP) is 2.87. The minimum Gasteiger partial charge on any atom is -0.337 e. The first-order valence-corrected chi connectivity index (χ1v) is 9.42. The zero-order chi connectivity index (χ0) is 17.9. The van der Waals surface area contributed by atoms with Crippen LogP contribution in [-0.4, -0.2) is 51.9 Å². The van der Waals surface area contributed by atoms with Gasteiger partial charge in [-0.2, -0.15) is 0 Å². The zero-order valence-electron chi connectivity index (χ0n) is 14.5. The number of nitrogens with zero attached hydrogens (tertiary/aromatic N) is 5. The smallest absolute Gasteiger partial charge is 0.253 e. The Balaban J connectivity index is 1.45. The summed E-state index contributed by atoms with van der Waals surface area (Å²) in [5.41, 5.74) is 2.70. The van der Waals surface area contributed by atoms with E-state index in [4.69, 9.17) is 0 Å². The minimum atomic E-state index is 0.0637. The largest absolute Gasteiger partial charge is 0.337 e. The highest BCUT2D eigenvalue weighted by Crippen LogP contribution is 2.25. The first-order chi connectivity index (χ1) is 12.7. The van der Waals surface area contributed by atoms with Crippen molar-refractivity contribution in [1.82, 2.24) is 19.9 Å². The third kappa shape index (κ3) is 3.43. The normalized spacial score (nSPS) is 14.5. The lowest BCUT2D eigenvalue weighted by molar-refractivity contribution is 0.0746. The van der Waals surface area contributed by atoms with Gasteiger partial charge in [0.1, 0.15) is 5.01 Å². The molecule has 3 heterocycles. The van der Waals surface area contributed by atoms with Crippen LogP contribution in [-0.2, 0) is 0 Å². The molecule has 0 N–H and O–H groups in total. The van der Waals surface area contributed by atoms with Crippen molar-refractivity contribution in [2.75, 3.05) is 31.1 Å². The second-order valence-electron chi connectivity index (χ2n) is 6.20. The van der Waals surface area contributed by atoms with E-state index < -0.39 is 0 Å². The highest BCUT2D eigenvalue weighted by molar-refractivity contribution is 7.13. The number of carbonyl (C=O) groups is 1. The minimum absolute atomic E-state index is 0.0637.